The summed E-state index contributed by atoms with van der Waals surface area (Å²) in [5.74, 6) is 0.207. The third kappa shape index (κ3) is 3.10. The van der Waals surface area contributed by atoms with E-state index < -0.39 is 0 Å². The second-order valence-electron chi connectivity index (χ2n) is 5.54. The van der Waals surface area contributed by atoms with Crippen LogP contribution in [0.5, 0.6) is 5.75 Å². The molecule has 2 heterocycles. The number of hydrogen-bond donors (Lipinski definition) is 1. The smallest absolute Gasteiger partial charge is 0.260 e. The van der Waals surface area contributed by atoms with Crippen LogP contribution >= 0.6 is 0 Å². The number of aryl methyl sites for hydroxylation is 1. The molecule has 0 saturated carbocycles. The van der Waals surface area contributed by atoms with Crippen LogP contribution in [0.4, 0.5) is 4.39 Å². The van der Waals surface area contributed by atoms with Gasteiger partial charge in [-0.05, 0) is 31.0 Å². The van der Waals surface area contributed by atoms with E-state index in [-0.39, 0.29) is 18.3 Å². The molecule has 0 bridgehead atoms. The first-order valence-corrected chi connectivity index (χ1v) is 7.29. The molecule has 6 heteroatoms. The van der Waals surface area contributed by atoms with Crippen LogP contribution in [0, 0.1) is 12.7 Å². The van der Waals surface area contributed by atoms with Crippen molar-refractivity contribution in [2.45, 2.75) is 19.3 Å². The van der Waals surface area contributed by atoms with Crippen molar-refractivity contribution in [3.8, 4) is 5.75 Å². The molecule has 5 nitrogen and oxygen atoms in total. The number of aromatic amines is 1. The Labute approximate surface area is 128 Å². The largest absolute Gasteiger partial charge is 0.484 e. The molecular weight excluding hydrogens is 285 g/mol. The van der Waals surface area contributed by atoms with Gasteiger partial charge in [0.05, 0.1) is 6.20 Å². The number of amides is 1. The molecule has 1 aliphatic heterocycles. The van der Waals surface area contributed by atoms with Gasteiger partial charge in [0.1, 0.15) is 11.6 Å². The number of nitrogens with one attached hydrogen (secondary N) is 1. The van der Waals surface area contributed by atoms with E-state index >= 15 is 0 Å². The molecule has 1 N–H and O–H groups in total. The highest BCUT2D eigenvalue weighted by atomic mass is 19.1. The van der Waals surface area contributed by atoms with Gasteiger partial charge in [0, 0.05) is 30.8 Å². The number of H-pyrrole nitrogens is 1. The van der Waals surface area contributed by atoms with Gasteiger partial charge >= 0.3 is 0 Å². The molecule has 0 radical (unpaired) electrons. The molecule has 1 aromatic carbocycles. The summed E-state index contributed by atoms with van der Waals surface area (Å²) in [5, 5.41) is 7.04. The van der Waals surface area contributed by atoms with Crippen LogP contribution in [-0.4, -0.2) is 40.7 Å². The number of ether oxygens (including phenoxy) is 1. The molecule has 1 fully saturated rings. The monoisotopic (exact) mass is 303 g/mol. The zero-order valence-corrected chi connectivity index (χ0v) is 12.4. The first kappa shape index (κ1) is 14.6. The van der Waals surface area contributed by atoms with Gasteiger partial charge in [0.15, 0.2) is 6.61 Å². The molecule has 116 valence electrons. The Morgan fingerprint density at radius 3 is 3.14 bits per heavy atom. The van der Waals surface area contributed by atoms with E-state index in [9.17, 15) is 9.18 Å². The SMILES string of the molecule is Cc1cn[nH]c1C1CCN(C(=O)COc2cccc(F)c2)C1. The number of hydrogen-bond acceptors (Lipinski definition) is 3. The number of halogens is 1. The topological polar surface area (TPSA) is 58.2 Å². The highest BCUT2D eigenvalue weighted by Crippen LogP contribution is 2.27. The maximum Gasteiger partial charge on any atom is 0.260 e. The maximum atomic E-state index is 13.1. The van der Waals surface area contributed by atoms with Crippen LogP contribution < -0.4 is 4.74 Å². The Bertz CT molecular complexity index is 671. The minimum atomic E-state index is -0.374. The summed E-state index contributed by atoms with van der Waals surface area (Å²) in [4.78, 5) is 14.0. The third-order valence-electron chi connectivity index (χ3n) is 3.98. The predicted molar refractivity (Wildman–Crippen MR) is 79.2 cm³/mol. The Morgan fingerprint density at radius 2 is 2.41 bits per heavy atom. The lowest BCUT2D eigenvalue weighted by Crippen LogP contribution is -2.32. The molecule has 1 saturated heterocycles. The van der Waals surface area contributed by atoms with Crippen LogP contribution in [0.3, 0.4) is 0 Å². The van der Waals surface area contributed by atoms with Crippen LogP contribution in [0.1, 0.15) is 23.6 Å². The fourth-order valence-corrected chi connectivity index (χ4v) is 2.79. The number of carbonyl (C=O) groups is 1. The summed E-state index contributed by atoms with van der Waals surface area (Å²) in [6.45, 7) is 3.30. The van der Waals surface area contributed by atoms with Gasteiger partial charge < -0.3 is 9.64 Å². The van der Waals surface area contributed by atoms with Crippen molar-refractivity contribution >= 4 is 5.91 Å². The number of benzene rings is 1. The highest BCUT2D eigenvalue weighted by molar-refractivity contribution is 5.78. The van der Waals surface area contributed by atoms with E-state index in [0.29, 0.717) is 24.8 Å². The summed E-state index contributed by atoms with van der Waals surface area (Å²) < 4.78 is 18.4. The van der Waals surface area contributed by atoms with E-state index in [4.69, 9.17) is 4.74 Å². The fourth-order valence-electron chi connectivity index (χ4n) is 2.79. The number of carbonyl (C=O) groups excluding carboxylic acids is 1. The number of likely N-dealkylation sites (tertiary alicyclic amines) is 1. The average molecular weight is 303 g/mol. The lowest BCUT2D eigenvalue weighted by molar-refractivity contribution is -0.132. The van der Waals surface area contributed by atoms with E-state index in [2.05, 4.69) is 10.2 Å². The first-order chi connectivity index (χ1) is 10.6. The molecule has 1 atom stereocenters. The lowest BCUT2D eigenvalue weighted by atomic mass is 10.0. The van der Waals surface area contributed by atoms with Gasteiger partial charge in [-0.3, -0.25) is 9.89 Å². The van der Waals surface area contributed by atoms with Crippen molar-refractivity contribution in [1.82, 2.24) is 15.1 Å². The zero-order chi connectivity index (χ0) is 15.5. The number of rotatable bonds is 4. The average Bonchev–Trinajstić information content (AvgIpc) is 3.13. The van der Waals surface area contributed by atoms with Gasteiger partial charge in [-0.1, -0.05) is 6.07 Å². The molecule has 1 aliphatic rings. The maximum absolute atomic E-state index is 13.1. The summed E-state index contributed by atoms with van der Waals surface area (Å²) in [5.41, 5.74) is 2.22. The predicted octanol–water partition coefficient (Wildman–Crippen LogP) is 2.25. The zero-order valence-electron chi connectivity index (χ0n) is 12.4. The summed E-state index contributed by atoms with van der Waals surface area (Å²) >= 11 is 0. The van der Waals surface area contributed by atoms with E-state index in [1.165, 1.54) is 12.1 Å². The van der Waals surface area contributed by atoms with Crippen molar-refractivity contribution in [2.75, 3.05) is 19.7 Å². The van der Waals surface area contributed by atoms with Crippen molar-refractivity contribution in [2.24, 2.45) is 0 Å². The Morgan fingerprint density at radius 1 is 1.55 bits per heavy atom. The molecule has 0 spiro atoms. The summed E-state index contributed by atoms with van der Waals surface area (Å²) in [7, 11) is 0. The third-order valence-corrected chi connectivity index (χ3v) is 3.98. The van der Waals surface area contributed by atoms with Crippen LogP contribution in [-0.2, 0) is 4.79 Å². The summed E-state index contributed by atoms with van der Waals surface area (Å²) in [6.07, 6.45) is 2.71. The Balaban J connectivity index is 1.54. The van der Waals surface area contributed by atoms with Gasteiger partial charge in [0.2, 0.25) is 0 Å². The molecule has 0 aliphatic carbocycles. The normalized spacial score (nSPS) is 17.7. The fraction of sp³-hybridized carbons (Fsp3) is 0.375. The molecule has 2 aromatic rings. The van der Waals surface area contributed by atoms with Gasteiger partial charge in [0.25, 0.3) is 5.91 Å². The molecule has 3 rings (SSSR count). The minimum Gasteiger partial charge on any atom is -0.484 e. The van der Waals surface area contributed by atoms with Gasteiger partial charge in [-0.15, -0.1) is 0 Å². The molecule has 1 aromatic heterocycles. The van der Waals surface area contributed by atoms with Crippen molar-refractivity contribution in [1.29, 1.82) is 0 Å². The standard InChI is InChI=1S/C16H18FN3O2/c1-11-8-18-19-16(11)12-5-6-20(9-12)15(21)10-22-14-4-2-3-13(17)7-14/h2-4,7-8,12H,5-6,9-10H2,1H3,(H,18,19). The minimum absolute atomic E-state index is 0.0713. The van der Waals surface area contributed by atoms with Crippen LogP contribution in [0.25, 0.3) is 0 Å². The van der Waals surface area contributed by atoms with Crippen LogP contribution in [0.2, 0.25) is 0 Å². The van der Waals surface area contributed by atoms with E-state index in [0.717, 1.165) is 17.7 Å². The summed E-state index contributed by atoms with van der Waals surface area (Å²) in [6, 6.07) is 5.81. The second kappa shape index (κ2) is 6.17. The van der Waals surface area contributed by atoms with Crippen LogP contribution in [0.15, 0.2) is 30.5 Å². The number of nitrogens with zero attached hydrogens (tertiary/aromatic N) is 2. The Hall–Kier alpha value is -2.37. The van der Waals surface area contributed by atoms with E-state index in [1.807, 2.05) is 6.92 Å². The van der Waals surface area contributed by atoms with E-state index in [1.54, 1.807) is 23.2 Å². The highest BCUT2D eigenvalue weighted by Gasteiger charge is 2.29. The second-order valence-corrected chi connectivity index (χ2v) is 5.54. The number of aromatic nitrogens is 2. The molecule has 1 unspecified atom stereocenters. The molecular formula is C16H18FN3O2. The molecule has 1 amide bonds. The van der Waals surface area contributed by atoms with Gasteiger partial charge in [-0.25, -0.2) is 4.39 Å². The van der Waals surface area contributed by atoms with Crippen molar-refractivity contribution in [3.05, 3.63) is 47.5 Å². The quantitative estimate of drug-likeness (QED) is 0.942. The van der Waals surface area contributed by atoms with Gasteiger partial charge in [-0.2, -0.15) is 5.10 Å². The van der Waals surface area contributed by atoms with Crippen molar-refractivity contribution < 1.29 is 13.9 Å². The lowest BCUT2D eigenvalue weighted by Gasteiger charge is -2.17. The van der Waals surface area contributed by atoms with Crippen molar-refractivity contribution in [3.63, 3.8) is 0 Å². The Kier molecular flexibility index (Phi) is 4.09. The first-order valence-electron chi connectivity index (χ1n) is 7.29. The molecule has 22 heavy (non-hydrogen) atoms.